The lowest BCUT2D eigenvalue weighted by Crippen LogP contribution is -2.24. The van der Waals surface area contributed by atoms with E-state index in [1.54, 1.807) is 6.20 Å². The summed E-state index contributed by atoms with van der Waals surface area (Å²) in [6.07, 6.45) is 1.78. The molecule has 0 aliphatic rings. The Labute approximate surface area is 123 Å². The van der Waals surface area contributed by atoms with Crippen molar-refractivity contribution in [2.24, 2.45) is 0 Å². The van der Waals surface area contributed by atoms with Crippen molar-refractivity contribution in [3.8, 4) is 11.3 Å². The van der Waals surface area contributed by atoms with E-state index >= 15 is 0 Å². The highest BCUT2D eigenvalue weighted by Crippen LogP contribution is 2.31. The molecule has 0 spiro atoms. The van der Waals surface area contributed by atoms with Crippen LogP contribution in [0.3, 0.4) is 0 Å². The Kier molecular flexibility index (Phi) is 2.86. The first-order valence-electron chi connectivity index (χ1n) is 6.87. The predicted octanol–water partition coefficient (Wildman–Crippen LogP) is 2.69. The molecule has 0 aliphatic heterocycles. The van der Waals surface area contributed by atoms with Gasteiger partial charge in [0.05, 0.1) is 5.52 Å². The van der Waals surface area contributed by atoms with E-state index in [2.05, 4.69) is 30.7 Å². The number of hydrogen-bond acceptors (Lipinski definition) is 4. The number of benzene rings is 1. The Morgan fingerprint density at radius 1 is 1.14 bits per heavy atom. The average molecular weight is 281 g/mol. The second-order valence-electron chi connectivity index (χ2n) is 6.20. The Balaban J connectivity index is 2.19. The predicted molar refractivity (Wildman–Crippen MR) is 86.2 cm³/mol. The highest BCUT2D eigenvalue weighted by Gasteiger charge is 2.24. The van der Waals surface area contributed by atoms with Crippen molar-refractivity contribution in [3.63, 3.8) is 0 Å². The molecule has 1 aromatic carbocycles. The maximum atomic E-state index is 6.14. The first-order valence-corrected chi connectivity index (χ1v) is 6.87. The van der Waals surface area contributed by atoms with E-state index in [-0.39, 0.29) is 5.41 Å². The van der Waals surface area contributed by atoms with Crippen LogP contribution in [0.5, 0.6) is 0 Å². The summed E-state index contributed by atoms with van der Waals surface area (Å²) < 4.78 is 1.47. The minimum absolute atomic E-state index is 0.167. The third-order valence-corrected chi connectivity index (χ3v) is 3.50. The second-order valence-corrected chi connectivity index (χ2v) is 6.20. The first-order chi connectivity index (χ1) is 9.88. The van der Waals surface area contributed by atoms with Crippen LogP contribution in [0.15, 0.2) is 36.5 Å². The van der Waals surface area contributed by atoms with Crippen LogP contribution in [0.25, 0.3) is 22.2 Å². The molecule has 3 rings (SSSR count). The van der Waals surface area contributed by atoms with Gasteiger partial charge in [0.25, 0.3) is 0 Å². The molecule has 0 atom stereocenters. The second kappa shape index (κ2) is 4.48. The third kappa shape index (κ3) is 2.20. The molecule has 21 heavy (non-hydrogen) atoms. The fourth-order valence-electron chi connectivity index (χ4n) is 2.41. The van der Waals surface area contributed by atoms with Gasteiger partial charge in [-0.25, -0.2) is 9.66 Å². The molecule has 0 unspecified atom stereocenters. The monoisotopic (exact) mass is 281 g/mol. The molecule has 0 fully saturated rings. The first kappa shape index (κ1) is 13.4. The highest BCUT2D eigenvalue weighted by molar-refractivity contribution is 5.85. The topological polar surface area (TPSA) is 82.8 Å². The molecule has 0 bridgehead atoms. The molecular formula is C16H19N5. The zero-order valence-corrected chi connectivity index (χ0v) is 12.5. The smallest absolute Gasteiger partial charge is 0.150 e. The van der Waals surface area contributed by atoms with Gasteiger partial charge in [0.15, 0.2) is 5.82 Å². The van der Waals surface area contributed by atoms with Crippen LogP contribution in [0.1, 0.15) is 26.6 Å². The molecule has 5 nitrogen and oxygen atoms in total. The number of hydrogen-bond donors (Lipinski definition) is 2. The maximum Gasteiger partial charge on any atom is 0.150 e. The maximum absolute atomic E-state index is 6.14. The number of nitrogens with zero attached hydrogens (tertiary/aromatic N) is 3. The van der Waals surface area contributed by atoms with E-state index in [1.807, 2.05) is 30.3 Å². The van der Waals surface area contributed by atoms with E-state index < -0.39 is 0 Å². The zero-order chi connectivity index (χ0) is 15.2. The largest absolute Gasteiger partial charge is 0.382 e. The summed E-state index contributed by atoms with van der Waals surface area (Å²) in [7, 11) is 0. The summed E-state index contributed by atoms with van der Waals surface area (Å²) >= 11 is 0. The van der Waals surface area contributed by atoms with Gasteiger partial charge in [-0.2, -0.15) is 0 Å². The molecule has 5 heteroatoms. The number of aromatic nitrogens is 3. The number of imidazole rings is 1. The van der Waals surface area contributed by atoms with Gasteiger partial charge in [0.1, 0.15) is 11.5 Å². The minimum atomic E-state index is -0.167. The normalized spacial score (nSPS) is 12.0. The Morgan fingerprint density at radius 2 is 1.90 bits per heavy atom. The van der Waals surface area contributed by atoms with Gasteiger partial charge in [-0.3, -0.25) is 4.98 Å². The number of anilines is 1. The summed E-state index contributed by atoms with van der Waals surface area (Å²) in [6, 6.07) is 9.91. The Bertz CT molecular complexity index is 811. The lowest BCUT2D eigenvalue weighted by Gasteiger charge is -2.17. The van der Waals surface area contributed by atoms with E-state index in [4.69, 9.17) is 11.6 Å². The molecule has 108 valence electrons. The Hall–Kier alpha value is -2.56. The van der Waals surface area contributed by atoms with Crippen molar-refractivity contribution in [1.29, 1.82) is 0 Å². The Morgan fingerprint density at radius 3 is 2.57 bits per heavy atom. The molecule has 2 heterocycles. The van der Waals surface area contributed by atoms with Crippen LogP contribution in [0.4, 0.5) is 5.82 Å². The number of nitrogens with two attached hydrogens (primary N) is 2. The SMILES string of the molecule is CC(C)(C)c1nc(-c2ccc3ncccc3c2)c(N)n1N. The minimum Gasteiger partial charge on any atom is -0.382 e. The summed E-state index contributed by atoms with van der Waals surface area (Å²) in [5.74, 6) is 7.30. The standard InChI is InChI=1S/C16H19N5/c1-16(2,3)15-20-13(14(17)21(15)18)11-6-7-12-10(9-11)5-4-8-19-12/h4-9H,17-18H2,1-3H3. The van der Waals surface area contributed by atoms with E-state index in [0.29, 0.717) is 11.5 Å². The van der Waals surface area contributed by atoms with Gasteiger partial charge in [-0.05, 0) is 18.2 Å². The fraction of sp³-hybridized carbons (Fsp3) is 0.250. The van der Waals surface area contributed by atoms with Crippen LogP contribution in [-0.2, 0) is 5.41 Å². The van der Waals surface area contributed by atoms with Crippen molar-refractivity contribution < 1.29 is 0 Å². The molecule has 0 amide bonds. The van der Waals surface area contributed by atoms with Crippen molar-refractivity contribution in [1.82, 2.24) is 14.6 Å². The quantitative estimate of drug-likeness (QED) is 0.672. The van der Waals surface area contributed by atoms with Crippen molar-refractivity contribution in [2.45, 2.75) is 26.2 Å². The van der Waals surface area contributed by atoms with Gasteiger partial charge < -0.3 is 11.6 Å². The van der Waals surface area contributed by atoms with Gasteiger partial charge in [0.2, 0.25) is 0 Å². The molecular weight excluding hydrogens is 262 g/mol. The number of pyridine rings is 1. The summed E-state index contributed by atoms with van der Waals surface area (Å²) in [6.45, 7) is 6.19. The molecule has 0 saturated heterocycles. The summed E-state index contributed by atoms with van der Waals surface area (Å²) in [5, 5.41) is 1.05. The van der Waals surface area contributed by atoms with Crippen LogP contribution < -0.4 is 11.6 Å². The van der Waals surface area contributed by atoms with Crippen molar-refractivity contribution in [2.75, 3.05) is 11.6 Å². The van der Waals surface area contributed by atoms with Crippen molar-refractivity contribution >= 4 is 16.7 Å². The lowest BCUT2D eigenvalue weighted by atomic mass is 9.96. The van der Waals surface area contributed by atoms with E-state index in [0.717, 1.165) is 22.3 Å². The van der Waals surface area contributed by atoms with Crippen LogP contribution in [0, 0.1) is 0 Å². The molecule has 2 aromatic heterocycles. The van der Waals surface area contributed by atoms with Gasteiger partial charge in [-0.1, -0.05) is 32.9 Å². The lowest BCUT2D eigenvalue weighted by molar-refractivity contribution is 0.532. The average Bonchev–Trinajstić information content (AvgIpc) is 2.75. The summed E-state index contributed by atoms with van der Waals surface area (Å²) in [5.41, 5.74) is 8.58. The number of fused-ring (bicyclic) bond motifs is 1. The molecule has 0 saturated carbocycles. The number of nitrogen functional groups attached to an aromatic ring is 2. The van der Waals surface area contributed by atoms with Crippen molar-refractivity contribution in [3.05, 3.63) is 42.4 Å². The number of rotatable bonds is 1. The highest BCUT2D eigenvalue weighted by atomic mass is 15.4. The third-order valence-electron chi connectivity index (χ3n) is 3.50. The summed E-state index contributed by atoms with van der Waals surface area (Å²) in [4.78, 5) is 8.97. The van der Waals surface area contributed by atoms with Crippen LogP contribution >= 0.6 is 0 Å². The van der Waals surface area contributed by atoms with Gasteiger partial charge >= 0.3 is 0 Å². The molecule has 0 radical (unpaired) electrons. The van der Waals surface area contributed by atoms with Crippen LogP contribution in [0.2, 0.25) is 0 Å². The zero-order valence-electron chi connectivity index (χ0n) is 12.5. The van der Waals surface area contributed by atoms with E-state index in [9.17, 15) is 0 Å². The molecule has 0 aliphatic carbocycles. The van der Waals surface area contributed by atoms with Crippen LogP contribution in [-0.4, -0.2) is 14.6 Å². The van der Waals surface area contributed by atoms with E-state index in [1.165, 1.54) is 4.68 Å². The molecule has 4 N–H and O–H groups in total. The van der Waals surface area contributed by atoms with Gasteiger partial charge in [0, 0.05) is 22.6 Å². The fourth-order valence-corrected chi connectivity index (χ4v) is 2.41. The molecule has 3 aromatic rings. The van der Waals surface area contributed by atoms with Gasteiger partial charge in [-0.15, -0.1) is 0 Å².